The molecule has 0 saturated heterocycles. The maximum Gasteiger partial charge on any atom is 0.373 e. The zero-order valence-electron chi connectivity index (χ0n) is 14.7. The van der Waals surface area contributed by atoms with Gasteiger partial charge in [0.05, 0.1) is 5.56 Å². The monoisotopic (exact) mass is 369 g/mol. The van der Waals surface area contributed by atoms with E-state index in [0.717, 1.165) is 9.36 Å². The summed E-state index contributed by atoms with van der Waals surface area (Å²) in [4.78, 5) is 26.0. The summed E-state index contributed by atoms with van der Waals surface area (Å²) in [7, 11) is 0. The van der Waals surface area contributed by atoms with E-state index in [1.54, 1.807) is 91.0 Å². The summed E-state index contributed by atoms with van der Waals surface area (Å²) in [5, 5.41) is 17.1. The maximum absolute atomic E-state index is 13.1. The minimum atomic E-state index is -0.753. The van der Waals surface area contributed by atoms with Crippen LogP contribution in [-0.2, 0) is 0 Å². The Hall–Kier alpha value is -4.06. The van der Waals surface area contributed by atoms with Gasteiger partial charge in [-0.1, -0.05) is 66.7 Å². The van der Waals surface area contributed by atoms with Crippen molar-refractivity contribution in [1.82, 2.24) is 9.90 Å². The summed E-state index contributed by atoms with van der Waals surface area (Å²) >= 11 is 0. The lowest BCUT2D eigenvalue weighted by atomic mass is 10.1. The summed E-state index contributed by atoms with van der Waals surface area (Å²) in [6.07, 6.45) is 0. The highest BCUT2D eigenvalue weighted by Crippen LogP contribution is 2.20. The molecule has 28 heavy (non-hydrogen) atoms. The molecule has 0 amide bonds. The molecule has 0 unspecified atom stereocenters. The van der Waals surface area contributed by atoms with E-state index in [4.69, 9.17) is 0 Å². The number of carbonyl (C=O) groups is 1. The van der Waals surface area contributed by atoms with Crippen molar-refractivity contribution in [2.24, 2.45) is 0 Å². The van der Waals surface area contributed by atoms with Gasteiger partial charge in [0.25, 0.3) is 0 Å². The van der Waals surface area contributed by atoms with Gasteiger partial charge in [-0.25, -0.2) is 9.59 Å². The molecule has 0 atom stereocenters. The van der Waals surface area contributed by atoms with Crippen molar-refractivity contribution in [3.63, 3.8) is 0 Å². The third-order valence-electron chi connectivity index (χ3n) is 4.27. The highest BCUT2D eigenvalue weighted by atomic mass is 16.3. The largest absolute Gasteiger partial charge is 0.840 e. The van der Waals surface area contributed by atoms with Gasteiger partial charge in [0.15, 0.2) is 5.69 Å². The van der Waals surface area contributed by atoms with E-state index in [1.165, 1.54) is 0 Å². The Morgan fingerprint density at radius 3 is 1.96 bits per heavy atom. The van der Waals surface area contributed by atoms with Crippen LogP contribution in [0.25, 0.3) is 16.8 Å². The van der Waals surface area contributed by atoms with Crippen LogP contribution in [0.3, 0.4) is 0 Å². The number of hydrogen-bond donors (Lipinski definition) is 0. The predicted octanol–water partition coefficient (Wildman–Crippen LogP) is 1.95. The lowest BCUT2D eigenvalue weighted by molar-refractivity contribution is -0.709. The molecule has 0 spiro atoms. The van der Waals surface area contributed by atoms with Crippen LogP contribution in [0.2, 0.25) is 0 Å². The molecular formula is C22H15N3O3. The minimum absolute atomic E-state index is 0.108. The lowest BCUT2D eigenvalue weighted by Gasteiger charge is -2.13. The Morgan fingerprint density at radius 1 is 0.821 bits per heavy atom. The molecule has 3 aromatic carbocycles. The van der Waals surface area contributed by atoms with E-state index < -0.39 is 17.3 Å². The Balaban J connectivity index is 2.02. The topological polar surface area (TPSA) is 78.9 Å². The first-order valence-electron chi connectivity index (χ1n) is 8.64. The van der Waals surface area contributed by atoms with Crippen molar-refractivity contribution < 1.29 is 14.6 Å². The molecule has 4 aromatic rings. The van der Waals surface area contributed by atoms with Crippen LogP contribution in [0.1, 0.15) is 10.4 Å². The van der Waals surface area contributed by atoms with Gasteiger partial charge in [-0.2, -0.15) is 0 Å². The number of nitrogens with zero attached hydrogens (tertiary/aromatic N) is 3. The molecular weight excluding hydrogens is 354 g/mol. The van der Waals surface area contributed by atoms with Gasteiger partial charge in [-0.15, -0.1) is 4.68 Å². The number of aromatic nitrogens is 3. The quantitative estimate of drug-likeness (QED) is 0.517. The van der Waals surface area contributed by atoms with Crippen molar-refractivity contribution in [2.75, 3.05) is 0 Å². The standard InChI is InChI=1S/C22H15N3O3/c26-20(17-12-6-2-7-13-17)25-22(28)19(16-10-4-1-5-11-16)21(27)24(23-25)18-14-8-3-9-15-18/h1-15H. The van der Waals surface area contributed by atoms with Crippen molar-refractivity contribution in [2.45, 2.75) is 0 Å². The molecule has 1 aromatic heterocycles. The number of hydrogen-bond acceptors (Lipinski definition) is 4. The fraction of sp³-hybridized carbons (Fsp3) is 0. The lowest BCUT2D eigenvalue weighted by Crippen LogP contribution is -2.49. The van der Waals surface area contributed by atoms with E-state index in [2.05, 4.69) is 5.21 Å². The van der Waals surface area contributed by atoms with Crippen LogP contribution in [0.4, 0.5) is 0 Å². The normalized spacial score (nSPS) is 10.6. The van der Waals surface area contributed by atoms with Crippen LogP contribution in [-0.4, -0.2) is 15.8 Å². The van der Waals surface area contributed by atoms with Gasteiger partial charge in [0.1, 0.15) is 16.7 Å². The first-order valence-corrected chi connectivity index (χ1v) is 8.64. The number of rotatable bonds is 3. The number of carbonyl (C=O) groups excluding carboxylic acids is 1. The highest BCUT2D eigenvalue weighted by molar-refractivity contribution is 5.95. The van der Waals surface area contributed by atoms with E-state index in [-0.39, 0.29) is 5.56 Å². The SMILES string of the molecule is O=C(c1ccccc1)n1n[n+](-c2ccccc2)c([O-])c(-c2ccccc2)c1=O. The maximum atomic E-state index is 13.1. The van der Waals surface area contributed by atoms with Gasteiger partial charge in [0, 0.05) is 0 Å². The Morgan fingerprint density at radius 2 is 1.36 bits per heavy atom. The van der Waals surface area contributed by atoms with E-state index in [9.17, 15) is 14.7 Å². The second-order valence-electron chi connectivity index (χ2n) is 6.07. The molecule has 0 N–H and O–H groups in total. The second-order valence-corrected chi connectivity index (χ2v) is 6.07. The second kappa shape index (κ2) is 7.28. The molecule has 136 valence electrons. The van der Waals surface area contributed by atoms with Crippen LogP contribution in [0.15, 0.2) is 95.8 Å². The number of benzene rings is 3. The van der Waals surface area contributed by atoms with Gasteiger partial charge in [-0.3, -0.25) is 0 Å². The summed E-state index contributed by atoms with van der Waals surface area (Å²) in [5.41, 5.74) is 0.328. The third kappa shape index (κ3) is 3.07. The summed E-state index contributed by atoms with van der Waals surface area (Å²) in [6.45, 7) is 0. The zero-order chi connectivity index (χ0) is 19.5. The molecule has 4 rings (SSSR count). The summed E-state index contributed by atoms with van der Waals surface area (Å²) < 4.78 is 1.82. The first-order chi connectivity index (χ1) is 13.7. The minimum Gasteiger partial charge on any atom is -0.840 e. The van der Waals surface area contributed by atoms with E-state index >= 15 is 0 Å². The van der Waals surface area contributed by atoms with Gasteiger partial charge >= 0.3 is 11.5 Å². The molecule has 0 radical (unpaired) electrons. The fourth-order valence-corrected chi connectivity index (χ4v) is 2.90. The van der Waals surface area contributed by atoms with Crippen LogP contribution >= 0.6 is 0 Å². The molecule has 0 aliphatic rings. The summed E-state index contributed by atoms with van der Waals surface area (Å²) in [5.74, 6) is -1.19. The average molecular weight is 369 g/mol. The van der Waals surface area contributed by atoms with Crippen molar-refractivity contribution in [3.8, 4) is 22.7 Å². The Bertz CT molecular complexity index is 1190. The fourth-order valence-electron chi connectivity index (χ4n) is 2.90. The van der Waals surface area contributed by atoms with Crippen molar-refractivity contribution >= 4 is 5.91 Å². The molecule has 6 heteroatoms. The molecule has 0 aliphatic carbocycles. The molecule has 0 aliphatic heterocycles. The molecule has 0 fully saturated rings. The first kappa shape index (κ1) is 17.4. The van der Waals surface area contributed by atoms with Gasteiger partial charge in [-0.05, 0) is 34.5 Å². The Kier molecular flexibility index (Phi) is 4.51. The molecule has 1 heterocycles. The highest BCUT2D eigenvalue weighted by Gasteiger charge is 2.26. The van der Waals surface area contributed by atoms with Crippen LogP contribution < -0.4 is 15.3 Å². The third-order valence-corrected chi connectivity index (χ3v) is 4.27. The smallest absolute Gasteiger partial charge is 0.373 e. The van der Waals surface area contributed by atoms with Gasteiger partial charge < -0.3 is 5.11 Å². The molecule has 6 nitrogen and oxygen atoms in total. The molecule has 0 bridgehead atoms. The average Bonchev–Trinajstić information content (AvgIpc) is 2.75. The number of para-hydroxylation sites is 1. The van der Waals surface area contributed by atoms with E-state index in [0.29, 0.717) is 16.8 Å². The predicted molar refractivity (Wildman–Crippen MR) is 101 cm³/mol. The van der Waals surface area contributed by atoms with Crippen LogP contribution in [0.5, 0.6) is 5.88 Å². The van der Waals surface area contributed by atoms with Crippen LogP contribution in [0, 0.1) is 0 Å². The molecule has 0 saturated carbocycles. The van der Waals surface area contributed by atoms with Gasteiger partial charge in [0.2, 0.25) is 0 Å². The summed E-state index contributed by atoms with van der Waals surface area (Å²) in [6, 6.07) is 25.6. The van der Waals surface area contributed by atoms with Crippen molar-refractivity contribution in [1.29, 1.82) is 0 Å². The van der Waals surface area contributed by atoms with E-state index in [1.807, 2.05) is 0 Å². The van der Waals surface area contributed by atoms with Crippen molar-refractivity contribution in [3.05, 3.63) is 107 Å². The Labute approximate surface area is 160 Å². The zero-order valence-corrected chi connectivity index (χ0v) is 14.7.